The number of nitrogens with zero attached hydrogens (tertiary/aromatic N) is 2. The molecule has 0 spiro atoms. The van der Waals surface area contributed by atoms with Crippen LogP contribution in [0.2, 0.25) is 0 Å². The fraction of sp³-hybridized carbons (Fsp3) is 0.765. The van der Waals surface area contributed by atoms with Crippen LogP contribution < -0.4 is 0 Å². The molecule has 0 aliphatic carbocycles. The molecule has 2 heteroatoms. The van der Waals surface area contributed by atoms with E-state index in [4.69, 9.17) is 0 Å². The molecule has 0 amide bonds. The molecule has 1 aliphatic heterocycles. The molecule has 0 N–H and O–H groups in total. The predicted octanol–water partition coefficient (Wildman–Crippen LogP) is 23.1. The summed E-state index contributed by atoms with van der Waals surface area (Å²) in [7, 11) is 0. The van der Waals surface area contributed by atoms with Crippen LogP contribution in [0, 0.1) is 0 Å². The molecule has 2 nitrogen and oxygen atoms in total. The third kappa shape index (κ3) is 22.7. The predicted molar refractivity (Wildman–Crippen MR) is 313 cm³/mol. The zero-order chi connectivity index (χ0) is 50.4. The van der Waals surface area contributed by atoms with Crippen LogP contribution in [0.4, 0.5) is 0 Å². The fourth-order valence-electron chi connectivity index (χ4n) is 12.0. The minimum atomic E-state index is 1.04. The van der Waals surface area contributed by atoms with E-state index in [0.29, 0.717) is 0 Å². The van der Waals surface area contributed by atoms with Crippen LogP contribution in [0.5, 0.6) is 0 Å². The van der Waals surface area contributed by atoms with E-state index in [1.807, 2.05) is 0 Å². The number of aryl methyl sites for hydroxylation is 4. The number of hydrogen-bond acceptors (Lipinski definition) is 0. The Kier molecular flexibility index (Phi) is 35.3. The van der Waals surface area contributed by atoms with E-state index in [1.54, 1.807) is 15.8 Å². The Bertz CT molecular complexity index is 1680. The molecule has 0 radical (unpaired) electrons. The quantitative estimate of drug-likeness (QED) is 0.0467. The van der Waals surface area contributed by atoms with Gasteiger partial charge >= 0.3 is 0 Å². The van der Waals surface area contributed by atoms with E-state index in [1.165, 1.54) is 263 Å². The summed E-state index contributed by atoms with van der Waals surface area (Å²) in [6, 6.07) is 10.1. The minimum Gasteiger partial charge on any atom is -0.493 e. The molecule has 0 saturated heterocycles. The van der Waals surface area contributed by atoms with Crippen molar-refractivity contribution in [3.63, 3.8) is 0 Å². The number of hydrogen-bond donors (Lipinski definition) is 0. The standard InChI is InChI=1S/C68H116N2/c1-9-17-21-22-23-24-25-26-27-28-29-30-31-32-33-34-35-36-37-38-39-40-44-52-66-65(51-43-20-12-4)67(61-53-57(45-13-5)63(49-41-18-10-2)58(54-61)46-14-6)70(69)68(66)62-55-59(47-15-7)64(50-42-19-11-3)60(56-62)48-16-8/h53-56H,9-52H2,1-8H3. The van der Waals surface area contributed by atoms with E-state index >= 15 is 0 Å². The van der Waals surface area contributed by atoms with Gasteiger partial charge in [-0.2, -0.15) is 0 Å². The molecule has 70 heavy (non-hydrogen) atoms. The first-order valence-electron chi connectivity index (χ1n) is 31.7. The van der Waals surface area contributed by atoms with Gasteiger partial charge in [0.25, 0.3) is 0 Å². The summed E-state index contributed by atoms with van der Waals surface area (Å²) in [6.45, 7) is 18.7. The zero-order valence-corrected chi connectivity index (χ0v) is 48.3. The highest BCUT2D eigenvalue weighted by molar-refractivity contribution is 5.83. The molecule has 0 unspecified atom stereocenters. The highest BCUT2D eigenvalue weighted by atomic mass is 15.2. The third-order valence-electron chi connectivity index (χ3n) is 16.0. The third-order valence-corrected chi connectivity index (χ3v) is 16.0. The lowest BCUT2D eigenvalue weighted by molar-refractivity contribution is -0.345. The van der Waals surface area contributed by atoms with Crippen molar-refractivity contribution in [2.75, 3.05) is 0 Å². The summed E-state index contributed by atoms with van der Waals surface area (Å²) in [5.41, 5.74) is 30.0. The van der Waals surface area contributed by atoms with Crippen LogP contribution in [0.1, 0.15) is 344 Å². The molecular weight excluding hydrogens is 845 g/mol. The van der Waals surface area contributed by atoms with Crippen molar-refractivity contribution in [1.29, 1.82) is 0 Å². The van der Waals surface area contributed by atoms with Gasteiger partial charge in [0.15, 0.2) is 0 Å². The second-order valence-corrected chi connectivity index (χ2v) is 22.4. The van der Waals surface area contributed by atoms with Crippen molar-refractivity contribution in [2.45, 2.75) is 338 Å². The highest BCUT2D eigenvalue weighted by Gasteiger charge is 2.36. The summed E-state index contributed by atoms with van der Waals surface area (Å²) in [5.74, 6) is 0. The Balaban J connectivity index is 1.77. The molecule has 2 aromatic carbocycles. The normalized spacial score (nSPS) is 13.0. The summed E-state index contributed by atoms with van der Waals surface area (Å²) >= 11 is 0. The van der Waals surface area contributed by atoms with Gasteiger partial charge in [0, 0.05) is 22.3 Å². The van der Waals surface area contributed by atoms with Crippen LogP contribution in [0.15, 0.2) is 35.4 Å². The van der Waals surface area contributed by atoms with E-state index in [0.717, 1.165) is 75.6 Å². The first-order chi connectivity index (χ1) is 34.4. The molecular formula is C68H116N2. The SMILES string of the molecule is CCCCCCCCCCCCCCCCCCCCCCCCCC1=C(c2cc(CCC)c(CCCCC)c(CCC)c2)[N+](=[N-])C(c2cc(CCC)c(CCCCC)c(CCC)c2)=C1CCCCC. The fourth-order valence-corrected chi connectivity index (χ4v) is 12.0. The number of rotatable bonds is 46. The second-order valence-electron chi connectivity index (χ2n) is 22.4. The first-order valence-corrected chi connectivity index (χ1v) is 31.7. The van der Waals surface area contributed by atoms with Crippen LogP contribution in [-0.4, -0.2) is 4.70 Å². The number of benzene rings is 2. The van der Waals surface area contributed by atoms with Gasteiger partial charge in [-0.25, -0.2) is 4.70 Å². The molecule has 0 bridgehead atoms. The van der Waals surface area contributed by atoms with Gasteiger partial charge < -0.3 is 5.53 Å². The van der Waals surface area contributed by atoms with Gasteiger partial charge in [-0.15, -0.1) is 0 Å². The maximum atomic E-state index is 13.0. The first kappa shape index (κ1) is 61.8. The largest absolute Gasteiger partial charge is 0.493 e. The molecule has 398 valence electrons. The van der Waals surface area contributed by atoms with Gasteiger partial charge in [0.05, 0.1) is 0 Å². The van der Waals surface area contributed by atoms with Gasteiger partial charge in [0.1, 0.15) is 0 Å². The van der Waals surface area contributed by atoms with Crippen molar-refractivity contribution < 1.29 is 4.70 Å². The maximum Gasteiger partial charge on any atom is 0.211 e. The van der Waals surface area contributed by atoms with E-state index in [9.17, 15) is 5.53 Å². The average molecular weight is 962 g/mol. The average Bonchev–Trinajstić information content (AvgIpc) is 3.63. The van der Waals surface area contributed by atoms with Gasteiger partial charge in [-0.1, -0.05) is 261 Å². The number of allylic oxidation sites excluding steroid dienone is 2. The second kappa shape index (κ2) is 40.0. The van der Waals surface area contributed by atoms with Gasteiger partial charge in [-0.3, -0.25) is 0 Å². The van der Waals surface area contributed by atoms with Crippen molar-refractivity contribution >= 4 is 11.4 Å². The van der Waals surface area contributed by atoms with E-state index in [-0.39, 0.29) is 0 Å². The van der Waals surface area contributed by atoms with Crippen LogP contribution in [0.25, 0.3) is 16.9 Å². The van der Waals surface area contributed by atoms with Crippen LogP contribution in [-0.2, 0) is 38.5 Å². The Morgan fingerprint density at radius 1 is 0.257 bits per heavy atom. The number of unbranched alkanes of at least 4 members (excludes halogenated alkanes) is 28. The van der Waals surface area contributed by atoms with E-state index < -0.39 is 0 Å². The lowest BCUT2D eigenvalue weighted by Crippen LogP contribution is -2.09. The molecule has 0 saturated carbocycles. The monoisotopic (exact) mass is 961 g/mol. The smallest absolute Gasteiger partial charge is 0.211 e. The molecule has 1 aliphatic rings. The van der Waals surface area contributed by atoms with Crippen LogP contribution >= 0.6 is 0 Å². The molecule has 3 rings (SSSR count). The van der Waals surface area contributed by atoms with Crippen molar-refractivity contribution in [1.82, 2.24) is 0 Å². The zero-order valence-electron chi connectivity index (χ0n) is 48.3. The minimum absolute atomic E-state index is 1.04. The lowest BCUT2D eigenvalue weighted by atomic mass is 9.86. The molecule has 0 atom stereocenters. The molecule has 0 aromatic heterocycles. The van der Waals surface area contributed by atoms with Crippen LogP contribution in [0.3, 0.4) is 0 Å². The van der Waals surface area contributed by atoms with Crippen molar-refractivity contribution in [3.8, 4) is 0 Å². The van der Waals surface area contributed by atoms with Crippen molar-refractivity contribution in [2.24, 2.45) is 0 Å². The van der Waals surface area contributed by atoms with Gasteiger partial charge in [-0.05, 0) is 135 Å². The van der Waals surface area contributed by atoms with Crippen molar-refractivity contribution in [3.05, 3.63) is 85.5 Å². The molecule has 2 aromatic rings. The Hall–Kier alpha value is -2.48. The topological polar surface area (TPSA) is 25.3 Å². The van der Waals surface area contributed by atoms with Gasteiger partial charge in [0.2, 0.25) is 11.4 Å². The highest BCUT2D eigenvalue weighted by Crippen LogP contribution is 2.46. The Morgan fingerprint density at radius 3 is 0.729 bits per heavy atom. The molecule has 1 heterocycles. The Morgan fingerprint density at radius 2 is 0.471 bits per heavy atom. The summed E-state index contributed by atoms with van der Waals surface area (Å²) in [5, 5.41) is 0. The molecule has 0 fully saturated rings. The Labute approximate surface area is 437 Å². The lowest BCUT2D eigenvalue weighted by Gasteiger charge is -2.19. The summed E-state index contributed by atoms with van der Waals surface area (Å²) in [6.07, 6.45) is 57.4. The maximum absolute atomic E-state index is 13.0. The summed E-state index contributed by atoms with van der Waals surface area (Å²) < 4.78 is 1.74. The van der Waals surface area contributed by atoms with E-state index in [2.05, 4.69) is 79.7 Å². The summed E-state index contributed by atoms with van der Waals surface area (Å²) in [4.78, 5) is 0.